The topological polar surface area (TPSA) is 105 Å². The molecule has 0 aromatic heterocycles. The molecular formula is C33H26BrN3O5S. The summed E-state index contributed by atoms with van der Waals surface area (Å²) in [6.07, 6.45) is 1.64. The van der Waals surface area contributed by atoms with E-state index in [4.69, 9.17) is 4.74 Å². The monoisotopic (exact) mass is 655 g/mol. The van der Waals surface area contributed by atoms with Gasteiger partial charge in [-0.05, 0) is 78.4 Å². The maximum Gasteiger partial charge on any atom is 0.272 e. The van der Waals surface area contributed by atoms with Gasteiger partial charge >= 0.3 is 0 Å². The molecule has 1 aliphatic rings. The average Bonchev–Trinajstić information content (AvgIpc) is 3.30. The Morgan fingerprint density at radius 2 is 1.65 bits per heavy atom. The fraction of sp³-hybridized carbons (Fsp3) is 0.0909. The fourth-order valence-corrected chi connectivity index (χ4v) is 5.75. The second-order valence-electron chi connectivity index (χ2n) is 9.49. The zero-order chi connectivity index (χ0) is 30.3. The summed E-state index contributed by atoms with van der Waals surface area (Å²) in [7, 11) is 1.56. The fourth-order valence-electron chi connectivity index (χ4n) is 4.38. The molecule has 4 aromatic carbocycles. The number of halogens is 1. The Kier molecular flexibility index (Phi) is 9.38. The molecule has 8 nitrogen and oxygen atoms in total. The molecule has 0 aliphatic carbocycles. The summed E-state index contributed by atoms with van der Waals surface area (Å²) >= 11 is 4.63. The van der Waals surface area contributed by atoms with Gasteiger partial charge in [0.05, 0.1) is 18.0 Å². The van der Waals surface area contributed by atoms with Gasteiger partial charge in [-0.2, -0.15) is 0 Å². The van der Waals surface area contributed by atoms with E-state index >= 15 is 0 Å². The van der Waals surface area contributed by atoms with Crippen molar-refractivity contribution < 1.29 is 23.9 Å². The zero-order valence-corrected chi connectivity index (χ0v) is 25.4. The Labute approximate surface area is 261 Å². The highest BCUT2D eigenvalue weighted by atomic mass is 79.9. The van der Waals surface area contributed by atoms with Crippen molar-refractivity contribution in [2.24, 2.45) is 0 Å². The van der Waals surface area contributed by atoms with Crippen molar-refractivity contribution in [3.05, 3.63) is 124 Å². The summed E-state index contributed by atoms with van der Waals surface area (Å²) in [6, 6.07) is 29.7. The predicted molar refractivity (Wildman–Crippen MR) is 171 cm³/mol. The van der Waals surface area contributed by atoms with Crippen molar-refractivity contribution in [2.75, 3.05) is 17.3 Å². The second-order valence-corrected chi connectivity index (χ2v) is 11.7. The van der Waals surface area contributed by atoms with Crippen LogP contribution in [0.3, 0.4) is 0 Å². The van der Waals surface area contributed by atoms with Gasteiger partial charge in [0.25, 0.3) is 11.8 Å². The van der Waals surface area contributed by atoms with Gasteiger partial charge in [-0.15, -0.1) is 11.8 Å². The molecule has 10 heteroatoms. The van der Waals surface area contributed by atoms with Crippen LogP contribution in [0.25, 0.3) is 6.08 Å². The molecular weight excluding hydrogens is 630 g/mol. The highest BCUT2D eigenvalue weighted by molar-refractivity contribution is 9.10. The van der Waals surface area contributed by atoms with Crippen LogP contribution in [0.2, 0.25) is 0 Å². The Hall–Kier alpha value is -4.67. The van der Waals surface area contributed by atoms with Crippen LogP contribution in [0.4, 0.5) is 11.4 Å². The molecule has 1 aliphatic heterocycles. The molecule has 4 amide bonds. The van der Waals surface area contributed by atoms with E-state index in [1.54, 1.807) is 110 Å². The van der Waals surface area contributed by atoms with Crippen molar-refractivity contribution in [3.63, 3.8) is 0 Å². The number of carbonyl (C=O) groups is 4. The minimum absolute atomic E-state index is 0.0405. The van der Waals surface area contributed by atoms with E-state index in [1.165, 1.54) is 16.7 Å². The number of hydrogen-bond acceptors (Lipinski definition) is 6. The van der Waals surface area contributed by atoms with Gasteiger partial charge < -0.3 is 15.4 Å². The molecule has 0 spiro atoms. The third-order valence-electron chi connectivity index (χ3n) is 6.52. The molecule has 1 unspecified atom stereocenters. The number of carbonyl (C=O) groups excluding carboxylic acids is 4. The van der Waals surface area contributed by atoms with Crippen LogP contribution >= 0.6 is 27.7 Å². The summed E-state index contributed by atoms with van der Waals surface area (Å²) in [5.41, 5.74) is 2.12. The van der Waals surface area contributed by atoms with Crippen LogP contribution in [0.15, 0.2) is 118 Å². The molecule has 4 aromatic rings. The highest BCUT2D eigenvalue weighted by Crippen LogP contribution is 2.35. The number of ether oxygens (including phenoxy) is 1. The van der Waals surface area contributed by atoms with Crippen LogP contribution in [0.5, 0.6) is 5.75 Å². The maximum atomic E-state index is 13.4. The first-order valence-electron chi connectivity index (χ1n) is 13.2. The number of nitrogens with zero attached hydrogens (tertiary/aromatic N) is 1. The lowest BCUT2D eigenvalue weighted by Crippen LogP contribution is -2.31. The standard InChI is InChI=1S/C33H26BrN3O5S/c1-42-26-16-10-21(11-17-26)18-28(36-31(39)22-6-3-2-4-7-22)32(40)35-24-8-5-9-27(19-24)43-29-20-30(38)37(33(29)41)25-14-12-23(34)13-15-25/h2-19,29H,20H2,1H3,(H,35,40)(H,36,39). The smallest absolute Gasteiger partial charge is 0.272 e. The van der Waals surface area contributed by atoms with Gasteiger partial charge in [0.15, 0.2) is 0 Å². The Bertz CT molecular complexity index is 1690. The second kappa shape index (κ2) is 13.5. The van der Waals surface area contributed by atoms with Crippen LogP contribution < -0.4 is 20.3 Å². The number of thioether (sulfide) groups is 1. The van der Waals surface area contributed by atoms with Crippen LogP contribution in [0.1, 0.15) is 22.3 Å². The lowest BCUT2D eigenvalue weighted by Gasteiger charge is -2.15. The predicted octanol–water partition coefficient (Wildman–Crippen LogP) is 6.29. The normalized spacial score (nSPS) is 14.9. The third kappa shape index (κ3) is 7.40. The molecule has 0 saturated carbocycles. The van der Waals surface area contributed by atoms with Gasteiger partial charge in [0, 0.05) is 27.0 Å². The van der Waals surface area contributed by atoms with Crippen LogP contribution in [0, 0.1) is 0 Å². The number of imide groups is 1. The molecule has 43 heavy (non-hydrogen) atoms. The van der Waals surface area contributed by atoms with Crippen LogP contribution in [-0.4, -0.2) is 36.0 Å². The van der Waals surface area contributed by atoms with Crippen LogP contribution in [-0.2, 0) is 14.4 Å². The summed E-state index contributed by atoms with van der Waals surface area (Å²) in [4.78, 5) is 54.1. The van der Waals surface area contributed by atoms with E-state index in [0.29, 0.717) is 33.1 Å². The van der Waals surface area contributed by atoms with E-state index < -0.39 is 17.1 Å². The largest absolute Gasteiger partial charge is 0.497 e. The van der Waals surface area contributed by atoms with Gasteiger partial charge in [-0.3, -0.25) is 19.2 Å². The third-order valence-corrected chi connectivity index (χ3v) is 8.22. The molecule has 216 valence electrons. The minimum atomic E-state index is -0.599. The first-order valence-corrected chi connectivity index (χ1v) is 14.9. The summed E-state index contributed by atoms with van der Waals surface area (Å²) < 4.78 is 6.06. The van der Waals surface area contributed by atoms with E-state index in [9.17, 15) is 19.2 Å². The van der Waals surface area contributed by atoms with Crippen molar-refractivity contribution in [3.8, 4) is 5.75 Å². The molecule has 5 rings (SSSR count). The molecule has 2 N–H and O–H groups in total. The van der Waals surface area contributed by atoms with E-state index in [-0.39, 0.29) is 23.9 Å². The number of nitrogens with one attached hydrogen (secondary N) is 2. The lowest BCUT2D eigenvalue weighted by atomic mass is 10.1. The first-order chi connectivity index (χ1) is 20.8. The number of benzene rings is 4. The number of amides is 4. The summed E-state index contributed by atoms with van der Waals surface area (Å²) in [5, 5.41) is 4.96. The maximum absolute atomic E-state index is 13.4. The molecule has 1 atom stereocenters. The average molecular weight is 657 g/mol. The number of methoxy groups -OCH3 is 1. The van der Waals surface area contributed by atoms with Crippen molar-refractivity contribution in [2.45, 2.75) is 16.6 Å². The van der Waals surface area contributed by atoms with Gasteiger partial charge in [0.1, 0.15) is 11.4 Å². The number of rotatable bonds is 9. The molecule has 1 heterocycles. The van der Waals surface area contributed by atoms with Gasteiger partial charge in [-0.25, -0.2) is 4.90 Å². The van der Waals surface area contributed by atoms with E-state index in [2.05, 4.69) is 26.6 Å². The Morgan fingerprint density at radius 3 is 2.35 bits per heavy atom. The van der Waals surface area contributed by atoms with Crippen molar-refractivity contribution >= 4 is 68.8 Å². The lowest BCUT2D eigenvalue weighted by molar-refractivity contribution is -0.121. The van der Waals surface area contributed by atoms with E-state index in [0.717, 1.165) is 4.47 Å². The van der Waals surface area contributed by atoms with Crippen molar-refractivity contribution in [1.29, 1.82) is 0 Å². The molecule has 0 radical (unpaired) electrons. The zero-order valence-electron chi connectivity index (χ0n) is 23.0. The summed E-state index contributed by atoms with van der Waals surface area (Å²) in [6.45, 7) is 0. The first kappa shape index (κ1) is 29.8. The van der Waals surface area contributed by atoms with E-state index in [1.807, 2.05) is 6.07 Å². The van der Waals surface area contributed by atoms with Crippen molar-refractivity contribution in [1.82, 2.24) is 5.32 Å². The van der Waals surface area contributed by atoms with Gasteiger partial charge in [0.2, 0.25) is 11.8 Å². The summed E-state index contributed by atoms with van der Waals surface area (Å²) in [5.74, 6) is -0.861. The molecule has 1 fully saturated rings. The highest BCUT2D eigenvalue weighted by Gasteiger charge is 2.40. The Balaban J connectivity index is 1.32. The SMILES string of the molecule is COc1ccc(C=C(NC(=O)c2ccccc2)C(=O)Nc2cccc(SC3CC(=O)N(c4ccc(Br)cc4)C3=O)c2)cc1. The van der Waals surface area contributed by atoms with Gasteiger partial charge in [-0.1, -0.05) is 52.3 Å². The number of hydrogen-bond donors (Lipinski definition) is 2. The molecule has 1 saturated heterocycles. The quantitative estimate of drug-likeness (QED) is 0.162. The number of anilines is 2. The molecule has 0 bridgehead atoms. The Morgan fingerprint density at radius 1 is 0.930 bits per heavy atom. The minimum Gasteiger partial charge on any atom is -0.497 e.